The molecular weight excluding hydrogens is 1270 g/mol. The third-order valence-electron chi connectivity index (χ3n) is 13.8. The number of hydrogen-bond donors (Lipinski definition) is 0. The monoisotopic (exact) mass is 1380 g/mol. The molecule has 12 nitrogen and oxygen atoms in total. The molecule has 1 atom stereocenters. The van der Waals surface area contributed by atoms with Crippen molar-refractivity contribution in [3.8, 4) is 22.3 Å². The van der Waals surface area contributed by atoms with E-state index in [1.165, 1.54) is 36.4 Å². The summed E-state index contributed by atoms with van der Waals surface area (Å²) in [5, 5.41) is -1.26. The molecule has 2 aliphatic carbocycles. The fraction of sp³-hybridized carbons (Fsp3) is 0.370. The summed E-state index contributed by atoms with van der Waals surface area (Å²) in [5.41, 5.74) is -14.6. The zero-order valence-electron chi connectivity index (χ0n) is 83.7. The Morgan fingerprint density at radius 2 is 0.958 bits per heavy atom. The van der Waals surface area contributed by atoms with Crippen LogP contribution < -0.4 is 11.1 Å². The molecule has 0 N–H and O–H groups in total. The largest absolute Gasteiger partial charge is 0.416 e. The van der Waals surface area contributed by atoms with Gasteiger partial charge in [-0.1, -0.05) is 155 Å². The van der Waals surface area contributed by atoms with E-state index in [2.05, 4.69) is 9.97 Å². The van der Waals surface area contributed by atoms with Crippen molar-refractivity contribution < 1.29 is 89.9 Å². The van der Waals surface area contributed by atoms with Crippen molar-refractivity contribution in [1.29, 1.82) is 0 Å². The van der Waals surface area contributed by atoms with Crippen molar-refractivity contribution >= 4 is 35.3 Å². The van der Waals surface area contributed by atoms with E-state index < -0.39 is 253 Å². The summed E-state index contributed by atoms with van der Waals surface area (Å²) >= 11 is 0.397. The normalized spacial score (nSPS) is 22.0. The quantitative estimate of drug-likeness (QED) is 0.0295. The fourth-order valence-corrected chi connectivity index (χ4v) is 10.6. The predicted octanol–water partition coefficient (Wildman–Crippen LogP) is 14.7. The minimum Gasteiger partial charge on any atom is -0.336 e. The van der Waals surface area contributed by atoms with Crippen molar-refractivity contribution in [1.82, 2.24) is 38.7 Å². The molecule has 0 spiro atoms. The Labute approximate surface area is 603 Å². The van der Waals surface area contributed by atoms with Gasteiger partial charge in [-0.25, -0.2) is 8.78 Å². The Bertz CT molecular complexity index is 5650. The highest BCUT2D eigenvalue weighted by Crippen LogP contribution is 2.35. The van der Waals surface area contributed by atoms with Gasteiger partial charge in [-0.15, -0.1) is 0 Å². The van der Waals surface area contributed by atoms with Crippen LogP contribution in [0, 0.1) is 17.5 Å². The Morgan fingerprint density at radius 3 is 1.42 bits per heavy atom. The van der Waals surface area contributed by atoms with Crippen molar-refractivity contribution in [2.45, 2.75) is 127 Å². The van der Waals surface area contributed by atoms with Crippen LogP contribution in [0.25, 0.3) is 22.3 Å². The van der Waals surface area contributed by atoms with Gasteiger partial charge in [-0.05, 0) is 157 Å². The molecule has 2 aliphatic rings. The van der Waals surface area contributed by atoms with E-state index in [1.54, 1.807) is 0 Å². The molecule has 2 heterocycles. The molecule has 95 heavy (non-hydrogen) atoms. The van der Waals surface area contributed by atoms with Gasteiger partial charge in [0.1, 0.15) is 24.7 Å². The first-order chi connectivity index (χ1) is 57.9. The van der Waals surface area contributed by atoms with E-state index in [1.807, 2.05) is 0 Å². The zero-order chi connectivity index (χ0) is 97.4. The van der Waals surface area contributed by atoms with E-state index in [-0.39, 0.29) is 72.2 Å². The summed E-state index contributed by atoms with van der Waals surface area (Å²) in [6, 6.07) is 6.77. The number of alkyl halides is 6. The summed E-state index contributed by atoms with van der Waals surface area (Å²) in [6.45, 7) is -28.5. The minimum atomic E-state index is -5.39. The molecule has 2 aromatic heterocycles. The lowest BCUT2D eigenvalue weighted by Crippen LogP contribution is -2.40. The first-order valence-corrected chi connectivity index (χ1v) is 30.0. The van der Waals surface area contributed by atoms with Crippen molar-refractivity contribution in [3.05, 3.63) is 234 Å². The van der Waals surface area contributed by atoms with Crippen LogP contribution in [0.2, 0.25) is 0 Å². The number of nitrogens with zero attached hydrogens (tertiary/aromatic N) is 8. The number of carbonyl (C=O) groups is 2. The molecule has 10 rings (SSSR count). The second-order valence-electron chi connectivity index (χ2n) is 20.2. The number of halogens is 8. The molecule has 0 saturated carbocycles. The van der Waals surface area contributed by atoms with Crippen LogP contribution in [-0.2, 0) is 85.1 Å². The highest BCUT2D eigenvalue weighted by Gasteiger charge is 2.33. The number of carbonyl (C=O) groups excluding carboxylic acids is 2. The molecular formula is C73H78F8N8O4S2. The fourth-order valence-electron chi connectivity index (χ4n) is 9.08. The number of benzene rings is 6. The number of rotatable bonds is 26. The van der Waals surface area contributed by atoms with E-state index in [0.717, 1.165) is 86.0 Å². The van der Waals surface area contributed by atoms with E-state index >= 15 is 0 Å². The Balaban J connectivity index is 0.000000289. The predicted molar refractivity (Wildman–Crippen MR) is 358 cm³/mol. The van der Waals surface area contributed by atoms with E-state index in [4.69, 9.17) is 39.8 Å². The van der Waals surface area contributed by atoms with Crippen LogP contribution in [-0.4, -0.2) is 102 Å². The summed E-state index contributed by atoms with van der Waals surface area (Å²) in [7, 11) is 0. The van der Waals surface area contributed by atoms with Gasteiger partial charge in [0, 0.05) is 102 Å². The van der Waals surface area contributed by atoms with Crippen LogP contribution in [0.1, 0.15) is 142 Å². The van der Waals surface area contributed by atoms with Crippen LogP contribution in [0.5, 0.6) is 0 Å². The SMILES string of the molecule is [2H]C([2H])(Sc1nc(=O)c2c(n1CC(=O)N(Cc1ccc(-c3ccc(C(F)(F)F)cc3)cc1)C([2H])([2H])C([2H])([2H])N(C([2H])([2H])C)C([2H])([2H])C)C([2H])([2H])C([2H])(C)C2([2H])[2H])c1ccc(F)cc1.[2H]c1c([2H])c(-c2c([2H])c([2H])c(C(F)(F)F)c([2H])c2[2H])c([2H])c([2H])c1CN(C(=O)Cn1c(SC([2H])([2H])c2ccc(F)cc2)nc(=O)c2c1CCC2)C([2H])([2H])C([2H])([2H])N(C([2H])([2H])C)C([2H])([2H])C. The van der Waals surface area contributed by atoms with Gasteiger partial charge >= 0.3 is 12.4 Å². The molecule has 0 fully saturated rings. The van der Waals surface area contributed by atoms with Crippen LogP contribution in [0.3, 0.4) is 0 Å². The lowest BCUT2D eigenvalue weighted by atomic mass is 10.0. The number of amides is 2. The Kier molecular flexibility index (Phi) is 13.5. The molecule has 8 aromatic rings. The highest BCUT2D eigenvalue weighted by molar-refractivity contribution is 7.98. The molecule has 502 valence electrons. The lowest BCUT2D eigenvalue weighted by Gasteiger charge is -2.28. The standard InChI is InChI=1S/C37H40F4N4O2S.C36H38F4N4O2S/c1-4-43(5-2)18-19-44(22-26-6-10-28(11-7-26)29-12-14-30(15-13-29)37(39,40)41)34(46)23-45-33-21-25(3)20-32(33)35(47)42-36(45)48-24-27-8-16-31(38)17-9-27;1-3-42(4-2)20-21-43(22-25-8-12-27(13-9-25)28-14-16-29(17-15-28)36(38,39)40)33(45)23-44-32-7-5-6-31(32)34(46)41-35(44)47-24-26-10-18-30(37)19-11-26/h6-17,25H,4-5,18-24H2,1-3H3;8-19H,3-7,20-24H2,1-2H3/i4D2,5D2,18D2,19D2,20D2,21D2,24D2,25D;3D2,4D2,8D,9D,12D,13D,14D,15D,16D,17D,20D2,21D2,24D2. The van der Waals surface area contributed by atoms with Gasteiger partial charge in [0.15, 0.2) is 10.3 Å². The second-order valence-corrected chi connectivity index (χ2v) is 21.8. The Morgan fingerprint density at radius 1 is 0.537 bits per heavy atom. The number of likely N-dealkylation sites (N-methyl/N-ethyl adjacent to an activating group) is 2. The average Bonchev–Trinajstić information content (AvgIpc) is 1.52. The maximum Gasteiger partial charge on any atom is 0.416 e. The third kappa shape index (κ3) is 19.2. The van der Waals surface area contributed by atoms with Crippen molar-refractivity contribution in [3.63, 3.8) is 0 Å². The van der Waals surface area contributed by atoms with Crippen LogP contribution in [0.15, 0.2) is 165 Å². The molecule has 22 heteroatoms. The molecule has 6 aromatic carbocycles. The first kappa shape index (κ1) is 39.3. The number of hydrogen-bond acceptors (Lipinski definition) is 10. The number of aromatic nitrogens is 4. The second kappa shape index (κ2) is 32.7. The van der Waals surface area contributed by atoms with Crippen molar-refractivity contribution in [2.75, 3.05) is 52.0 Å². The molecule has 2 amide bonds. The number of thioether (sulfide) groups is 2. The maximum absolute atomic E-state index is 14.9. The topological polar surface area (TPSA) is 117 Å². The molecule has 0 aliphatic heterocycles. The summed E-state index contributed by atoms with van der Waals surface area (Å²) in [4.78, 5) is 64.3. The highest BCUT2D eigenvalue weighted by atomic mass is 32.2. The van der Waals surface area contributed by atoms with Gasteiger partial charge in [0.2, 0.25) is 11.8 Å². The van der Waals surface area contributed by atoms with Gasteiger partial charge in [-0.3, -0.25) is 19.2 Å². The third-order valence-corrected chi connectivity index (χ3v) is 15.5. The van der Waals surface area contributed by atoms with Crippen LogP contribution >= 0.6 is 23.5 Å². The van der Waals surface area contributed by atoms with Crippen LogP contribution in [0.4, 0.5) is 35.1 Å². The lowest BCUT2D eigenvalue weighted by molar-refractivity contribution is -0.138. The first-order valence-electron chi connectivity index (χ1n) is 44.8. The van der Waals surface area contributed by atoms with Gasteiger partial charge in [0.05, 0.1) is 27.6 Å². The van der Waals surface area contributed by atoms with Gasteiger partial charge < -0.3 is 28.7 Å². The number of fused-ring (bicyclic) bond motifs is 2. The smallest absolute Gasteiger partial charge is 0.336 e. The molecule has 0 bridgehead atoms. The van der Waals surface area contributed by atoms with Gasteiger partial charge in [0.25, 0.3) is 11.1 Å². The van der Waals surface area contributed by atoms with Crippen molar-refractivity contribution in [2.24, 2.45) is 5.89 Å². The van der Waals surface area contributed by atoms with E-state index in [9.17, 15) is 59.8 Å². The zero-order valence-corrected chi connectivity index (χ0v) is 52.4. The minimum absolute atomic E-state index is 0.0116. The summed E-state index contributed by atoms with van der Waals surface area (Å²) in [5.74, 6) is -7.27. The summed E-state index contributed by atoms with van der Waals surface area (Å²) < 4.78 is 396. The maximum atomic E-state index is 14.9. The van der Waals surface area contributed by atoms with Gasteiger partial charge in [-0.2, -0.15) is 36.3 Å². The molecule has 1 unspecified atom stereocenters. The Hall–Kier alpha value is -7.92. The molecule has 0 saturated heterocycles. The van der Waals surface area contributed by atoms with E-state index in [0.29, 0.717) is 47.7 Å². The average molecular weight is 1380 g/mol. The molecule has 0 radical (unpaired) electrons. The summed E-state index contributed by atoms with van der Waals surface area (Å²) in [6.07, 6.45) is -15.7.